The number of nitrogens with zero attached hydrogens (tertiary/aromatic N) is 7. The largest absolute Gasteiger partial charge is 0.464 e. The maximum absolute atomic E-state index is 14.6. The molecule has 3 N–H and O–H groups in total. The van der Waals surface area contributed by atoms with Crippen LogP contribution in [0.4, 0.5) is 4.79 Å². The minimum absolute atomic E-state index is 0.0275. The minimum atomic E-state index is -1.09. The number of thiazole rings is 1. The Morgan fingerprint density at radius 3 is 2.53 bits per heavy atom. The van der Waals surface area contributed by atoms with Crippen molar-refractivity contribution in [1.29, 1.82) is 0 Å². The molecule has 3 aliphatic heterocycles. The maximum Gasteiger partial charge on any atom is 0.324 e. The smallest absolute Gasteiger partial charge is 0.324 e. The van der Waals surface area contributed by atoms with E-state index in [4.69, 9.17) is 19.4 Å². The molecular formula is C48H66N10O7S. The van der Waals surface area contributed by atoms with E-state index in [1.807, 2.05) is 32.2 Å². The molecule has 4 aromatic rings. The van der Waals surface area contributed by atoms with Crippen molar-refractivity contribution in [2.24, 2.45) is 11.3 Å². The molecule has 5 amide bonds. The Hall–Kier alpha value is -5.43. The number of pyridine rings is 1. The Bertz CT molecular complexity index is 2450. The summed E-state index contributed by atoms with van der Waals surface area (Å²) in [5.74, 6) is -1.74. The summed E-state index contributed by atoms with van der Waals surface area (Å²) in [7, 11) is 6.60. The summed E-state index contributed by atoms with van der Waals surface area (Å²) in [5, 5.41) is 11.1. The van der Waals surface area contributed by atoms with Crippen LogP contribution >= 0.6 is 11.3 Å². The highest BCUT2D eigenvalue weighted by molar-refractivity contribution is 7.10. The van der Waals surface area contributed by atoms with E-state index in [9.17, 15) is 24.0 Å². The van der Waals surface area contributed by atoms with Crippen molar-refractivity contribution in [3.63, 3.8) is 0 Å². The zero-order chi connectivity index (χ0) is 47.6. The van der Waals surface area contributed by atoms with Gasteiger partial charge in [0.1, 0.15) is 18.1 Å². The monoisotopic (exact) mass is 926 g/mol. The van der Waals surface area contributed by atoms with E-state index in [-0.39, 0.29) is 43.5 Å². The molecule has 17 nitrogen and oxygen atoms in total. The van der Waals surface area contributed by atoms with Crippen molar-refractivity contribution in [2.45, 2.75) is 104 Å². The summed E-state index contributed by atoms with van der Waals surface area (Å²) in [5.41, 5.74) is 9.24. The fourth-order valence-corrected chi connectivity index (χ4v) is 9.99. The molecule has 356 valence electrons. The van der Waals surface area contributed by atoms with Gasteiger partial charge in [0.15, 0.2) is 0 Å². The summed E-state index contributed by atoms with van der Waals surface area (Å²) in [6.45, 7) is 14.4. The first-order chi connectivity index (χ1) is 31.4. The number of esters is 1. The van der Waals surface area contributed by atoms with Gasteiger partial charge in [0.2, 0.25) is 11.8 Å². The Labute approximate surface area is 391 Å². The lowest BCUT2D eigenvalue weighted by Gasteiger charge is -2.37. The van der Waals surface area contributed by atoms with Crippen molar-refractivity contribution in [3.05, 3.63) is 58.2 Å². The number of hydrogen-bond donors (Lipinski definition) is 3. The van der Waals surface area contributed by atoms with Crippen LogP contribution in [0.15, 0.2) is 41.9 Å². The number of carbonyl (C=O) groups is 5. The van der Waals surface area contributed by atoms with Gasteiger partial charge in [-0.2, -0.15) is 0 Å². The lowest BCUT2D eigenvalue weighted by Crippen LogP contribution is -2.62. The molecule has 3 aromatic heterocycles. The first-order valence-electron chi connectivity index (χ1n) is 23.0. The van der Waals surface area contributed by atoms with Crippen molar-refractivity contribution < 1.29 is 33.4 Å². The fourth-order valence-electron chi connectivity index (χ4n) is 9.14. The highest BCUT2D eigenvalue weighted by Crippen LogP contribution is 2.42. The Balaban J connectivity index is 1.23. The third-order valence-electron chi connectivity index (χ3n) is 13.0. The van der Waals surface area contributed by atoms with Gasteiger partial charge in [0, 0.05) is 106 Å². The third kappa shape index (κ3) is 10.4. The number of fused-ring (bicyclic) bond motifs is 6. The van der Waals surface area contributed by atoms with Gasteiger partial charge < -0.3 is 39.4 Å². The SMILES string of the molecule is CCn1c(-c2cccnc2[C@H](C)OC)c2c3cc(ccc31)-c1csc(n1)C[C@H](NC(=O)[C@H](C(C)C)N(C)C(=O)N(C)CCN(C)C(=O)[C@H]1CN1)C(=O)N1CCC[C@H](N1)C(=O)OCC(C)(C)C2. The fraction of sp³-hybridized carbons (Fsp3) is 0.562. The van der Waals surface area contributed by atoms with Crippen LogP contribution in [-0.4, -0.2) is 149 Å². The molecule has 3 aliphatic rings. The molecule has 7 rings (SSSR count). The van der Waals surface area contributed by atoms with E-state index >= 15 is 0 Å². The molecule has 2 fully saturated rings. The number of rotatable bonds is 12. The zero-order valence-electron chi connectivity index (χ0n) is 40.0. The molecule has 0 aliphatic carbocycles. The number of aromatic nitrogens is 3. The molecule has 18 heteroatoms. The van der Waals surface area contributed by atoms with Crippen molar-refractivity contribution in [1.82, 2.24) is 50.3 Å². The lowest BCUT2D eigenvalue weighted by molar-refractivity contribution is -0.155. The summed E-state index contributed by atoms with van der Waals surface area (Å²) in [4.78, 5) is 83.6. The van der Waals surface area contributed by atoms with Gasteiger partial charge in [-0.1, -0.05) is 33.8 Å². The molecule has 6 heterocycles. The average molecular weight is 927 g/mol. The highest BCUT2D eigenvalue weighted by atomic mass is 32.1. The number of hydrazine groups is 1. The summed E-state index contributed by atoms with van der Waals surface area (Å²) >= 11 is 1.40. The normalized spacial score (nSPS) is 20.6. The topological polar surface area (TPSA) is 193 Å². The van der Waals surface area contributed by atoms with Crippen LogP contribution in [-0.2, 0) is 48.0 Å². The number of aryl methyl sites for hydroxylation is 1. The first kappa shape index (κ1) is 48.5. The van der Waals surface area contributed by atoms with Crippen LogP contribution in [0.5, 0.6) is 0 Å². The van der Waals surface area contributed by atoms with Crippen LogP contribution in [0.1, 0.15) is 76.8 Å². The van der Waals surface area contributed by atoms with Crippen LogP contribution in [0.3, 0.4) is 0 Å². The standard InChI is InChI=1S/C48H66N10O7S/c1-11-57-38-17-16-30-22-32(38)33(42(57)31-14-12-18-49-40(31)29(4)64-10)24-48(5,6)27-65-46(62)34-15-13-19-58(53-34)45(61)35(23-39-51-37(30)26-66-39)52-43(59)41(28(2)3)56(9)47(63)55(8)21-20-54(7)44(60)36-25-50-36/h12,14,16-18,22,26,28-29,34-36,41,50,53H,11,13,15,19-21,23-25,27H2,1-10H3,(H,52,59)/t29-,34-,35-,36+,41-/m0/s1. The second-order valence-electron chi connectivity index (χ2n) is 19.0. The van der Waals surface area contributed by atoms with Crippen LogP contribution in [0.25, 0.3) is 33.4 Å². The molecule has 1 aromatic carbocycles. The zero-order valence-corrected chi connectivity index (χ0v) is 40.8. The number of benzene rings is 1. The number of likely N-dealkylation sites (N-methyl/N-ethyl adjacent to an activating group) is 3. The molecule has 66 heavy (non-hydrogen) atoms. The average Bonchev–Trinajstić information content (AvgIpc) is 3.98. The lowest BCUT2D eigenvalue weighted by atomic mass is 9.84. The van der Waals surface area contributed by atoms with Crippen LogP contribution in [0, 0.1) is 11.3 Å². The van der Waals surface area contributed by atoms with Gasteiger partial charge in [-0.25, -0.2) is 15.2 Å². The predicted octanol–water partition coefficient (Wildman–Crippen LogP) is 4.64. The minimum Gasteiger partial charge on any atom is -0.464 e. The van der Waals surface area contributed by atoms with E-state index in [0.29, 0.717) is 50.4 Å². The number of carbonyl (C=O) groups excluding carboxylic acids is 5. The number of ether oxygens (including phenoxy) is 2. The van der Waals surface area contributed by atoms with E-state index in [1.165, 1.54) is 26.1 Å². The summed E-state index contributed by atoms with van der Waals surface area (Å²) < 4.78 is 14.2. The number of nitrogens with one attached hydrogen (secondary N) is 3. The second-order valence-corrected chi connectivity index (χ2v) is 19.9. The molecule has 6 bridgehead atoms. The van der Waals surface area contributed by atoms with Gasteiger partial charge in [-0.05, 0) is 68.9 Å². The van der Waals surface area contributed by atoms with Crippen LogP contribution < -0.4 is 16.1 Å². The Morgan fingerprint density at radius 2 is 1.83 bits per heavy atom. The van der Waals surface area contributed by atoms with Crippen molar-refractivity contribution >= 4 is 52.0 Å². The van der Waals surface area contributed by atoms with Crippen molar-refractivity contribution in [2.75, 3.05) is 61.0 Å². The quantitative estimate of drug-likeness (QED) is 0.133. The van der Waals surface area contributed by atoms with E-state index in [1.54, 1.807) is 39.3 Å². The number of amides is 5. The number of methoxy groups -OCH3 is 1. The van der Waals surface area contributed by atoms with Crippen LogP contribution in [0.2, 0.25) is 0 Å². The third-order valence-corrected chi connectivity index (χ3v) is 13.8. The number of urea groups is 1. The van der Waals surface area contributed by atoms with Gasteiger partial charge >= 0.3 is 12.0 Å². The number of hydrogen-bond acceptors (Lipinski definition) is 12. The van der Waals surface area contributed by atoms with E-state index < -0.39 is 47.4 Å². The predicted molar refractivity (Wildman–Crippen MR) is 253 cm³/mol. The van der Waals surface area contributed by atoms with Gasteiger partial charge in [-0.15, -0.1) is 11.3 Å². The molecule has 5 atom stereocenters. The van der Waals surface area contributed by atoms with Gasteiger partial charge in [0.05, 0.1) is 40.8 Å². The van der Waals surface area contributed by atoms with E-state index in [0.717, 1.165) is 44.7 Å². The second kappa shape index (κ2) is 20.2. The maximum atomic E-state index is 14.6. The molecule has 0 unspecified atom stereocenters. The Morgan fingerprint density at radius 1 is 1.09 bits per heavy atom. The summed E-state index contributed by atoms with van der Waals surface area (Å²) in [6.07, 6.45) is 3.18. The molecule has 0 saturated carbocycles. The highest BCUT2D eigenvalue weighted by Gasteiger charge is 2.39. The van der Waals surface area contributed by atoms with Crippen molar-refractivity contribution in [3.8, 4) is 22.5 Å². The van der Waals surface area contributed by atoms with Gasteiger partial charge in [-0.3, -0.25) is 29.2 Å². The van der Waals surface area contributed by atoms with E-state index in [2.05, 4.69) is 65.7 Å². The molecule has 0 radical (unpaired) electrons. The molecule has 2 saturated heterocycles. The first-order valence-corrected chi connectivity index (χ1v) is 23.9. The molecular weight excluding hydrogens is 861 g/mol. The van der Waals surface area contributed by atoms with Gasteiger partial charge in [0.25, 0.3) is 5.91 Å². The molecule has 0 spiro atoms. The Kier molecular flexibility index (Phi) is 14.8. The summed E-state index contributed by atoms with van der Waals surface area (Å²) in [6, 6.07) is 7.00. The number of cyclic esters (lactones) is 1.